The molecule has 0 bridgehead atoms. The number of aliphatic hydroxyl groups excluding tert-OH is 1. The first-order chi connectivity index (χ1) is 10.4. The Balaban J connectivity index is 1.51. The Bertz CT molecular complexity index is 545. The summed E-state index contributed by atoms with van der Waals surface area (Å²) in [6, 6.07) is 0. The second kappa shape index (κ2) is 3.97. The lowest BCUT2D eigenvalue weighted by molar-refractivity contribution is -0.133. The lowest BCUT2D eigenvalue weighted by atomic mass is 9.45. The maximum absolute atomic E-state index is 12.1. The zero-order valence-corrected chi connectivity index (χ0v) is 13.8. The largest absolute Gasteiger partial charge is 0.393 e. The van der Waals surface area contributed by atoms with Gasteiger partial charge in [-0.1, -0.05) is 13.8 Å². The molecule has 3 nitrogen and oxygen atoms in total. The summed E-state index contributed by atoms with van der Waals surface area (Å²) in [7, 11) is 0. The molecule has 0 aromatic rings. The van der Waals surface area contributed by atoms with E-state index >= 15 is 0 Å². The molecule has 1 spiro atoms. The number of fused-ring (bicyclic) bond motifs is 4. The van der Waals surface area contributed by atoms with Crippen LogP contribution in [0, 0.1) is 28.6 Å². The van der Waals surface area contributed by atoms with Crippen molar-refractivity contribution in [3.8, 4) is 0 Å². The summed E-state index contributed by atoms with van der Waals surface area (Å²) < 4.78 is 6.09. The van der Waals surface area contributed by atoms with Crippen LogP contribution in [0.2, 0.25) is 0 Å². The molecule has 4 saturated carbocycles. The maximum atomic E-state index is 12.1. The van der Waals surface area contributed by atoms with Crippen molar-refractivity contribution in [1.29, 1.82) is 0 Å². The summed E-state index contributed by atoms with van der Waals surface area (Å²) in [6.07, 6.45) is 8.42. The van der Waals surface area contributed by atoms with E-state index in [-0.39, 0.29) is 28.6 Å². The number of aliphatic hydroxyl groups is 1. The van der Waals surface area contributed by atoms with Crippen molar-refractivity contribution in [3.05, 3.63) is 0 Å². The van der Waals surface area contributed by atoms with Crippen molar-refractivity contribution in [1.82, 2.24) is 0 Å². The number of hydrogen-bond acceptors (Lipinski definition) is 3. The Kier molecular flexibility index (Phi) is 2.52. The molecule has 122 valence electrons. The second-order valence-corrected chi connectivity index (χ2v) is 9.32. The van der Waals surface area contributed by atoms with Crippen LogP contribution in [-0.4, -0.2) is 28.7 Å². The fraction of sp³-hybridized carbons (Fsp3) is 0.947. The number of carbonyl (C=O) groups is 1. The average Bonchev–Trinajstić information content (AvgIpc) is 3.17. The fourth-order valence-corrected chi connectivity index (χ4v) is 7.47. The summed E-state index contributed by atoms with van der Waals surface area (Å²) in [5.74, 6) is 2.48. The van der Waals surface area contributed by atoms with Crippen LogP contribution in [0.3, 0.4) is 0 Å². The van der Waals surface area contributed by atoms with Crippen LogP contribution in [0.25, 0.3) is 0 Å². The van der Waals surface area contributed by atoms with E-state index in [0.29, 0.717) is 17.6 Å². The molecule has 0 amide bonds. The third-order valence-corrected chi connectivity index (χ3v) is 8.90. The average molecular weight is 304 g/mol. The highest BCUT2D eigenvalue weighted by Gasteiger charge is 2.76. The van der Waals surface area contributed by atoms with Gasteiger partial charge in [0.2, 0.25) is 0 Å². The van der Waals surface area contributed by atoms with Gasteiger partial charge in [-0.05, 0) is 68.1 Å². The SMILES string of the molecule is C[C@]12CCC3C(CC[C@@]45O[C@@H]4C(=O)CC[C@]35C)C1CC[C@@H]2O. The van der Waals surface area contributed by atoms with E-state index in [4.69, 9.17) is 4.74 Å². The highest BCUT2D eigenvalue weighted by Crippen LogP contribution is 2.72. The van der Waals surface area contributed by atoms with E-state index in [2.05, 4.69) is 13.8 Å². The van der Waals surface area contributed by atoms with Crippen LogP contribution in [0.5, 0.6) is 0 Å². The molecule has 3 unspecified atom stereocenters. The normalized spacial score (nSPS) is 62.7. The zero-order valence-electron chi connectivity index (χ0n) is 13.8. The third kappa shape index (κ3) is 1.36. The fourth-order valence-electron chi connectivity index (χ4n) is 7.47. The predicted molar refractivity (Wildman–Crippen MR) is 82.2 cm³/mol. The standard InChI is InChI=1S/C19H28O3/c1-17-8-6-13-11(12(17)3-4-15(17)21)5-10-19-16(22-19)14(20)7-9-18(13,19)2/h11-13,15-16,21H,3-10H2,1-2H3/t11?,12?,13?,15-,16+,17-,18+,19+/m0/s1. The molecule has 5 fully saturated rings. The van der Waals surface area contributed by atoms with Crippen LogP contribution >= 0.6 is 0 Å². The molecule has 1 aliphatic heterocycles. The number of hydrogen-bond donors (Lipinski definition) is 1. The molecule has 8 atom stereocenters. The molecule has 5 aliphatic rings. The first-order valence-electron chi connectivity index (χ1n) is 9.31. The third-order valence-electron chi connectivity index (χ3n) is 8.90. The quantitative estimate of drug-likeness (QED) is 0.700. The van der Waals surface area contributed by atoms with Crippen molar-refractivity contribution in [2.24, 2.45) is 28.6 Å². The van der Waals surface area contributed by atoms with E-state index in [0.717, 1.165) is 38.0 Å². The molecule has 4 aliphatic carbocycles. The van der Waals surface area contributed by atoms with E-state index in [1.165, 1.54) is 19.3 Å². The highest BCUT2D eigenvalue weighted by molar-refractivity contribution is 5.88. The minimum atomic E-state index is -0.103. The Hall–Kier alpha value is -0.410. The van der Waals surface area contributed by atoms with Crippen molar-refractivity contribution in [2.75, 3.05) is 0 Å². The molecule has 5 rings (SSSR count). The number of epoxide rings is 1. The second-order valence-electron chi connectivity index (χ2n) is 9.32. The molecule has 1 N–H and O–H groups in total. The first kappa shape index (κ1) is 14.0. The van der Waals surface area contributed by atoms with Gasteiger partial charge in [-0.15, -0.1) is 0 Å². The predicted octanol–water partition coefficient (Wildman–Crippen LogP) is 3.09. The van der Waals surface area contributed by atoms with Gasteiger partial charge in [0.1, 0.15) is 11.7 Å². The summed E-state index contributed by atoms with van der Waals surface area (Å²) >= 11 is 0. The topological polar surface area (TPSA) is 49.8 Å². The van der Waals surface area contributed by atoms with Gasteiger partial charge in [0.15, 0.2) is 5.78 Å². The van der Waals surface area contributed by atoms with Crippen LogP contribution in [0.4, 0.5) is 0 Å². The van der Waals surface area contributed by atoms with E-state index in [1.807, 2.05) is 0 Å². The molecular formula is C19H28O3. The van der Waals surface area contributed by atoms with Crippen LogP contribution in [-0.2, 0) is 9.53 Å². The van der Waals surface area contributed by atoms with Crippen molar-refractivity contribution in [3.63, 3.8) is 0 Å². The van der Waals surface area contributed by atoms with Crippen LogP contribution in [0.1, 0.15) is 65.2 Å². The van der Waals surface area contributed by atoms with Gasteiger partial charge in [0.25, 0.3) is 0 Å². The summed E-state index contributed by atoms with van der Waals surface area (Å²) in [5, 5.41) is 10.5. The van der Waals surface area contributed by atoms with Gasteiger partial charge in [-0.25, -0.2) is 0 Å². The first-order valence-corrected chi connectivity index (χ1v) is 9.31. The Labute approximate surface area is 132 Å². The molecule has 22 heavy (non-hydrogen) atoms. The minimum absolute atomic E-state index is 0.0744. The molecule has 3 heteroatoms. The van der Waals surface area contributed by atoms with Gasteiger partial charge in [-0.2, -0.15) is 0 Å². The Morgan fingerprint density at radius 3 is 2.68 bits per heavy atom. The van der Waals surface area contributed by atoms with E-state index in [1.54, 1.807) is 0 Å². The molecule has 0 radical (unpaired) electrons. The van der Waals surface area contributed by atoms with Crippen molar-refractivity contribution in [2.45, 2.75) is 83.0 Å². The Morgan fingerprint density at radius 2 is 1.86 bits per heavy atom. The van der Waals surface area contributed by atoms with Crippen LogP contribution in [0.15, 0.2) is 0 Å². The maximum Gasteiger partial charge on any atom is 0.164 e. The van der Waals surface area contributed by atoms with Crippen molar-refractivity contribution >= 4 is 5.78 Å². The smallest absolute Gasteiger partial charge is 0.164 e. The van der Waals surface area contributed by atoms with Gasteiger partial charge in [-0.3, -0.25) is 4.79 Å². The van der Waals surface area contributed by atoms with E-state index in [9.17, 15) is 9.90 Å². The number of rotatable bonds is 0. The van der Waals surface area contributed by atoms with Crippen molar-refractivity contribution < 1.29 is 14.6 Å². The van der Waals surface area contributed by atoms with Crippen LogP contribution < -0.4 is 0 Å². The Morgan fingerprint density at radius 1 is 1.05 bits per heavy atom. The lowest BCUT2D eigenvalue weighted by Crippen LogP contribution is -2.58. The minimum Gasteiger partial charge on any atom is -0.393 e. The van der Waals surface area contributed by atoms with Gasteiger partial charge >= 0.3 is 0 Å². The molecule has 0 aromatic carbocycles. The van der Waals surface area contributed by atoms with E-state index < -0.39 is 0 Å². The zero-order chi connectivity index (χ0) is 15.3. The lowest BCUT2D eigenvalue weighted by Gasteiger charge is -2.59. The van der Waals surface area contributed by atoms with Gasteiger partial charge in [0, 0.05) is 11.8 Å². The monoisotopic (exact) mass is 304 g/mol. The number of ketones is 1. The number of Topliss-reactive ketones (excluding diaryl/α,β-unsaturated/α-hetero) is 1. The summed E-state index contributed by atoms with van der Waals surface area (Å²) in [4.78, 5) is 12.1. The summed E-state index contributed by atoms with van der Waals surface area (Å²) in [6.45, 7) is 4.75. The molecular weight excluding hydrogens is 276 g/mol. The molecule has 0 aromatic heterocycles. The number of ether oxygens (including phenoxy) is 1. The molecule has 1 heterocycles. The highest BCUT2D eigenvalue weighted by atomic mass is 16.6. The van der Waals surface area contributed by atoms with Gasteiger partial charge < -0.3 is 9.84 Å². The van der Waals surface area contributed by atoms with Gasteiger partial charge in [0.05, 0.1) is 6.10 Å². The number of carbonyl (C=O) groups excluding carboxylic acids is 1. The molecule has 1 saturated heterocycles. The summed E-state index contributed by atoms with van der Waals surface area (Å²) in [5.41, 5.74) is 0.244.